The van der Waals surface area contributed by atoms with Crippen molar-refractivity contribution >= 4 is 57.7 Å². The van der Waals surface area contributed by atoms with Gasteiger partial charge in [-0.25, -0.2) is 37.7 Å². The Balaban J connectivity index is 0.000000140. The molecule has 12 heterocycles. The number of aromatic amines is 4. The number of carbonyl (C=O) groups is 2. The number of fused-ring (bicyclic) bond motifs is 4. The Hall–Kier alpha value is -10.4. The normalized spacial score (nSPS) is 21.4. The lowest BCUT2D eigenvalue weighted by Gasteiger charge is -2.34. The van der Waals surface area contributed by atoms with Crippen LogP contribution in [0.5, 0.6) is 0 Å². The number of hydrogen-bond acceptors (Lipinski definition) is 15. The molecule has 4 aromatic carbocycles. The molecule has 552 valence electrons. The zero-order valence-electron chi connectivity index (χ0n) is 59.7. The smallest absolute Gasteiger partial charge is 0.438 e. The van der Waals surface area contributed by atoms with E-state index in [1.807, 2.05) is 56.9 Å². The maximum absolute atomic E-state index is 15.1. The molecule has 6 N–H and O–H groups in total. The average Bonchev–Trinajstić information content (AvgIpc) is 1.54. The third-order valence-corrected chi connectivity index (χ3v) is 23.1. The number of aromatic nitrogens is 14. The predicted octanol–water partition coefficient (Wildman–Crippen LogP) is 11.1. The molecule has 4 aliphatic heterocycles. The summed E-state index contributed by atoms with van der Waals surface area (Å²) in [7, 11) is 0. The summed E-state index contributed by atoms with van der Waals surface area (Å²) in [6.07, 6.45) is 13.1. The van der Waals surface area contributed by atoms with Gasteiger partial charge >= 0.3 is 28.9 Å². The van der Waals surface area contributed by atoms with Crippen LogP contribution in [0.4, 0.5) is 4.39 Å². The topological polar surface area (TPSA) is 327 Å². The van der Waals surface area contributed by atoms with E-state index in [2.05, 4.69) is 84.3 Å². The Morgan fingerprint density at radius 2 is 1.07 bits per heavy atom. The molecule has 30 heteroatoms. The summed E-state index contributed by atoms with van der Waals surface area (Å²) in [6, 6.07) is 23.4. The number of imidazole rings is 2. The number of carbonyl (C=O) groups excluding carboxylic acids is 1. The third kappa shape index (κ3) is 12.0. The molecule has 0 spiro atoms. The lowest BCUT2D eigenvalue weighted by molar-refractivity contribution is 0.0660. The number of aryl methyl sites for hydroxylation is 4. The highest BCUT2D eigenvalue weighted by atomic mass is 35.5. The molecule has 4 fully saturated rings. The maximum Gasteiger partial charge on any atom is 0.438 e. The Morgan fingerprint density at radius 3 is 1.51 bits per heavy atom. The van der Waals surface area contributed by atoms with Gasteiger partial charge in [0.25, 0.3) is 5.91 Å². The molecule has 2 saturated carbocycles. The number of carboxylic acids is 1. The van der Waals surface area contributed by atoms with Gasteiger partial charge in [-0.3, -0.25) is 32.9 Å². The van der Waals surface area contributed by atoms with Gasteiger partial charge in [-0.15, -0.1) is 12.4 Å². The van der Waals surface area contributed by atoms with E-state index in [1.165, 1.54) is 11.1 Å². The van der Waals surface area contributed by atoms with Crippen LogP contribution in [0.15, 0.2) is 126 Å². The van der Waals surface area contributed by atoms with Crippen molar-refractivity contribution in [3.05, 3.63) is 229 Å². The number of nitrogens with zero attached hydrogens (tertiary/aromatic N) is 11. The highest BCUT2D eigenvalue weighted by molar-refractivity contribution is 6.32. The highest BCUT2D eigenvalue weighted by Crippen LogP contribution is 2.57. The molecule has 12 aromatic rings. The Bertz CT molecular complexity index is 5640. The van der Waals surface area contributed by atoms with E-state index >= 15 is 4.79 Å². The lowest BCUT2D eigenvalue weighted by Crippen LogP contribution is -2.41. The summed E-state index contributed by atoms with van der Waals surface area (Å²) in [5.41, 5.74) is 10.8. The Morgan fingerprint density at radius 1 is 0.613 bits per heavy atom. The first-order valence-corrected chi connectivity index (χ1v) is 36.1. The van der Waals surface area contributed by atoms with Crippen molar-refractivity contribution in [2.45, 2.75) is 142 Å². The number of carboxylic acid groups (broad SMARTS) is 1. The van der Waals surface area contributed by atoms with Crippen LogP contribution in [0.2, 0.25) is 5.02 Å². The van der Waals surface area contributed by atoms with Crippen LogP contribution in [0.3, 0.4) is 0 Å². The quantitative estimate of drug-likeness (QED) is 0.0662. The molecule has 2 saturated heterocycles. The number of amides is 1. The van der Waals surface area contributed by atoms with Crippen molar-refractivity contribution < 1.29 is 37.6 Å². The number of hydrogen-bond donors (Lipinski definition) is 6. The fraction of sp³-hybridized carbons (Fsp3) is 0.395. The van der Waals surface area contributed by atoms with Crippen LogP contribution in [0.25, 0.3) is 44.8 Å². The van der Waals surface area contributed by atoms with Crippen LogP contribution in [-0.4, -0.2) is 129 Å². The first-order chi connectivity index (χ1) is 50.5. The largest absolute Gasteiger partial charge is 0.477 e. The van der Waals surface area contributed by atoms with Gasteiger partial charge < -0.3 is 43.9 Å². The van der Waals surface area contributed by atoms with Crippen LogP contribution in [-0.2, 0) is 33.4 Å². The van der Waals surface area contributed by atoms with Crippen LogP contribution in [0.1, 0.15) is 179 Å². The summed E-state index contributed by atoms with van der Waals surface area (Å²) in [5.74, 6) is 0.404. The molecule has 27 nitrogen and oxygen atoms in total. The van der Waals surface area contributed by atoms with E-state index in [9.17, 15) is 33.5 Å². The van der Waals surface area contributed by atoms with Crippen molar-refractivity contribution in [1.82, 2.24) is 78.3 Å². The summed E-state index contributed by atoms with van der Waals surface area (Å²) in [6.45, 7) is 19.8. The molecule has 6 aliphatic rings. The summed E-state index contributed by atoms with van der Waals surface area (Å²) >= 11 is 6.55. The second-order valence-corrected chi connectivity index (χ2v) is 29.4. The first-order valence-electron chi connectivity index (χ1n) is 35.7. The molecular formula is C76H81Cl2FN16O11. The van der Waals surface area contributed by atoms with Gasteiger partial charge in [0.2, 0.25) is 0 Å². The lowest BCUT2D eigenvalue weighted by atomic mass is 9.91. The van der Waals surface area contributed by atoms with Gasteiger partial charge in [-0.1, -0.05) is 47.9 Å². The minimum Gasteiger partial charge on any atom is -0.477 e. The zero-order chi connectivity index (χ0) is 73.2. The molecule has 6 atom stereocenters. The zero-order valence-corrected chi connectivity index (χ0v) is 61.3. The number of halogens is 3. The third-order valence-electron chi connectivity index (χ3n) is 22.5. The van der Waals surface area contributed by atoms with E-state index in [-0.39, 0.29) is 59.1 Å². The number of ether oxygens (including phenoxy) is 2. The number of benzene rings is 4. The molecule has 0 unspecified atom stereocenters. The van der Waals surface area contributed by atoms with Gasteiger partial charge in [0.05, 0.1) is 28.8 Å². The van der Waals surface area contributed by atoms with Crippen LogP contribution >= 0.6 is 24.0 Å². The minimum absolute atomic E-state index is 0. The number of rotatable bonds is 12. The van der Waals surface area contributed by atoms with Crippen molar-refractivity contribution in [3.63, 3.8) is 0 Å². The Labute approximate surface area is 616 Å². The number of nitrogens with one attached hydrogen (secondary N) is 5. The summed E-state index contributed by atoms with van der Waals surface area (Å²) in [5, 5.41) is 33.6. The summed E-state index contributed by atoms with van der Waals surface area (Å²) in [4.78, 5) is 89.2. The molecule has 18 rings (SSSR count). The highest BCUT2D eigenvalue weighted by Gasteiger charge is 2.60. The Kier molecular flexibility index (Phi) is 18.5. The van der Waals surface area contributed by atoms with E-state index in [4.69, 9.17) is 40.3 Å². The van der Waals surface area contributed by atoms with Gasteiger partial charge in [0, 0.05) is 121 Å². The molecule has 0 bridgehead atoms. The van der Waals surface area contributed by atoms with Crippen molar-refractivity contribution in [2.75, 3.05) is 39.5 Å². The van der Waals surface area contributed by atoms with E-state index in [0.29, 0.717) is 82.8 Å². The standard InChI is InChI=1S/C38H39ClN8O5.C20H21N3O5.C18H20FN5O.ClH/c1-20-15-27(16-21(2)32(20)39)47-33(45-12-10-40-36(45)49)31-23(4)44(11-7-28(31)42-47)34(48)30-18-26-17-25(24-8-13-51-14-9-24)5-6-29(26)46(30)38(19-22(38)3)35-41-37(50)52-43-35;1-11-10-20(11,18-21-19(26)28-22-18)23-15-3-2-13(12-4-6-27-7-5-12)8-14(15)9-16(23)17(24)25;1-10-8-13(9-11(2)16(10)19)24-17(23-7-6-21-18(23)25)15-12(3)20-5-4-14(15)22-24;/h5-6,10,12,15-18,22-24H,7-9,11,13-14,19H2,1-4H3,(H,40,49)(H,41,43,50);2-3,8-9,11-12H,4-7,10H2,1H3,(H,24,25)(H,21,22,26);6-9,12,20H,4-5H2,1-3H3,(H,21,25);1H/t22-,23-,38-;11-,20-;12-;/m000./s1. The van der Waals surface area contributed by atoms with E-state index in [1.54, 1.807) is 79.9 Å². The van der Waals surface area contributed by atoms with Crippen LogP contribution < -0.4 is 28.2 Å². The number of aromatic carboxylic acids is 1. The molecule has 8 aromatic heterocycles. The molecule has 1 amide bonds. The van der Waals surface area contributed by atoms with E-state index in [0.717, 1.165) is 132 Å². The maximum atomic E-state index is 15.1. The molecular weight excluding hydrogens is 1400 g/mol. The number of H-pyrrole nitrogens is 4. The fourth-order valence-corrected chi connectivity index (χ4v) is 17.0. The van der Waals surface area contributed by atoms with Gasteiger partial charge in [-0.2, -0.15) is 10.2 Å². The minimum atomic E-state index is -1.01. The van der Waals surface area contributed by atoms with Crippen LogP contribution in [0, 0.1) is 45.3 Å². The fourth-order valence-electron chi connectivity index (χ4n) is 16.9. The van der Waals surface area contributed by atoms with Gasteiger partial charge in [0.1, 0.15) is 39.9 Å². The SMILES string of the molecule is C[C@H]1C[C@]1(c1noc(=O)[nH]1)n1c(C(=O)O)cc2cc(C3CCOCC3)ccc21.Cc1cc(-n2nc3c(c2-n2cc[nH]c2=O)[C@H](C)N(C(=O)c2cc4cc(C5CCOCC5)ccc4n2[C@@]2(c4noc(=O)[nH]4)C[C@@H]2C)CC3)cc(C)c1Cl.Cc1cc(-n2nc3c(c2-n2cc[nH]c2=O)[C@H](C)NCC3)cc(C)c1F.Cl. The first kappa shape index (κ1) is 71.2. The summed E-state index contributed by atoms with van der Waals surface area (Å²) < 4.78 is 45.4. The molecule has 106 heavy (non-hydrogen) atoms. The van der Waals surface area contributed by atoms with Crippen molar-refractivity contribution in [2.24, 2.45) is 11.8 Å². The van der Waals surface area contributed by atoms with E-state index < -0.39 is 34.6 Å². The molecule has 2 aliphatic carbocycles. The second kappa shape index (κ2) is 27.5. The van der Waals surface area contributed by atoms with Crippen molar-refractivity contribution in [3.8, 4) is 23.0 Å². The average molecular weight is 1480 g/mol. The monoisotopic (exact) mass is 1480 g/mol. The molecule has 0 radical (unpaired) electrons. The van der Waals surface area contributed by atoms with Gasteiger partial charge in [-0.05, 0) is 198 Å². The predicted molar refractivity (Wildman–Crippen MR) is 394 cm³/mol. The second-order valence-electron chi connectivity index (χ2n) is 29.0. The van der Waals surface area contributed by atoms with Gasteiger partial charge in [0.15, 0.2) is 11.6 Å². The van der Waals surface area contributed by atoms with Crippen molar-refractivity contribution in [1.29, 1.82) is 0 Å².